The van der Waals surface area contributed by atoms with Crippen molar-refractivity contribution in [3.8, 4) is 0 Å². The molecule has 20 heavy (non-hydrogen) atoms. The first kappa shape index (κ1) is 13.8. The summed E-state index contributed by atoms with van der Waals surface area (Å²) in [6.07, 6.45) is 12.7. The number of hydrogen-bond acceptors (Lipinski definition) is 3. The molecule has 3 rings (SSSR count). The second-order valence-electron chi connectivity index (χ2n) is 6.37. The topological polar surface area (TPSA) is 46.9 Å². The highest BCUT2D eigenvalue weighted by Gasteiger charge is 2.33. The van der Waals surface area contributed by atoms with Gasteiger partial charge in [-0.15, -0.1) is 0 Å². The molecule has 2 heterocycles. The molecule has 0 amide bonds. The average molecular weight is 275 g/mol. The second-order valence-corrected chi connectivity index (χ2v) is 6.37. The molecule has 3 atom stereocenters. The maximum Gasteiger partial charge on any atom is 0.150 e. The van der Waals surface area contributed by atoms with E-state index in [1.54, 1.807) is 6.20 Å². The van der Waals surface area contributed by atoms with E-state index in [1.807, 2.05) is 17.8 Å². The number of imidazole rings is 1. The monoisotopic (exact) mass is 275 g/mol. The molecular weight excluding hydrogens is 250 g/mol. The number of rotatable bonds is 4. The highest BCUT2D eigenvalue weighted by Crippen LogP contribution is 2.32. The van der Waals surface area contributed by atoms with Gasteiger partial charge in [-0.05, 0) is 31.6 Å². The molecule has 1 aliphatic carbocycles. The molecule has 0 spiro atoms. The van der Waals surface area contributed by atoms with Crippen molar-refractivity contribution in [3.05, 3.63) is 18.2 Å². The summed E-state index contributed by atoms with van der Waals surface area (Å²) < 4.78 is 2.00. The fourth-order valence-electron chi connectivity index (χ4n) is 3.80. The summed E-state index contributed by atoms with van der Waals surface area (Å²) >= 11 is 0. The Bertz CT molecular complexity index is 468. The molecule has 1 aromatic rings. The van der Waals surface area contributed by atoms with Gasteiger partial charge in [0, 0.05) is 38.3 Å². The van der Waals surface area contributed by atoms with Gasteiger partial charge in [0.05, 0.1) is 6.04 Å². The Balaban J connectivity index is 1.51. The number of aryl methyl sites for hydroxylation is 2. The fourth-order valence-corrected chi connectivity index (χ4v) is 3.80. The van der Waals surface area contributed by atoms with Crippen molar-refractivity contribution < 1.29 is 4.79 Å². The van der Waals surface area contributed by atoms with Crippen LogP contribution in [0.5, 0.6) is 0 Å². The average Bonchev–Trinajstić information content (AvgIpc) is 2.89. The fraction of sp³-hybridized carbons (Fsp3) is 0.750. The minimum atomic E-state index is 0.0922. The Morgan fingerprint density at radius 2 is 2.20 bits per heavy atom. The first-order chi connectivity index (χ1) is 9.74. The molecule has 1 aliphatic heterocycles. The smallest absolute Gasteiger partial charge is 0.150 e. The molecule has 1 N–H and O–H groups in total. The normalized spacial score (nSPS) is 29.9. The predicted molar refractivity (Wildman–Crippen MR) is 78.4 cm³/mol. The Kier molecular flexibility index (Phi) is 4.20. The molecule has 1 saturated heterocycles. The van der Waals surface area contributed by atoms with Crippen LogP contribution in [0.15, 0.2) is 12.4 Å². The molecule has 0 bridgehead atoms. The van der Waals surface area contributed by atoms with Gasteiger partial charge in [0.1, 0.15) is 11.6 Å². The number of aromatic nitrogens is 2. The molecule has 4 heteroatoms. The van der Waals surface area contributed by atoms with Crippen molar-refractivity contribution in [2.24, 2.45) is 13.0 Å². The van der Waals surface area contributed by atoms with Gasteiger partial charge in [-0.3, -0.25) is 4.79 Å². The van der Waals surface area contributed by atoms with Crippen LogP contribution in [0.1, 0.15) is 50.8 Å². The summed E-state index contributed by atoms with van der Waals surface area (Å²) in [5.74, 6) is 2.20. The second kappa shape index (κ2) is 6.08. The largest absolute Gasteiger partial charge is 0.338 e. The van der Waals surface area contributed by atoms with Gasteiger partial charge in [-0.25, -0.2) is 4.98 Å². The number of Topliss-reactive ketones (excluding diaryl/α,β-unsaturated/α-hetero) is 1. The lowest BCUT2D eigenvalue weighted by molar-refractivity contribution is -0.122. The van der Waals surface area contributed by atoms with Crippen LogP contribution in [0.4, 0.5) is 0 Å². The van der Waals surface area contributed by atoms with E-state index in [0.29, 0.717) is 18.2 Å². The van der Waals surface area contributed by atoms with E-state index in [9.17, 15) is 4.79 Å². The van der Waals surface area contributed by atoms with Crippen LogP contribution < -0.4 is 5.32 Å². The lowest BCUT2D eigenvalue weighted by Crippen LogP contribution is -2.52. The van der Waals surface area contributed by atoms with Crippen LogP contribution >= 0.6 is 0 Å². The van der Waals surface area contributed by atoms with Gasteiger partial charge in [0.15, 0.2) is 0 Å². The summed E-state index contributed by atoms with van der Waals surface area (Å²) in [5, 5.41) is 3.62. The van der Waals surface area contributed by atoms with Crippen molar-refractivity contribution in [2.75, 3.05) is 0 Å². The standard InChI is InChI=1S/C16H25N3O/c1-19-11-10-17-16(19)9-8-15(20)14-7-6-12-4-2-3-5-13(12)18-14/h10-14,18H,2-9H2,1H3. The van der Waals surface area contributed by atoms with E-state index >= 15 is 0 Å². The number of carbonyl (C=O) groups excluding carboxylic acids is 1. The van der Waals surface area contributed by atoms with Gasteiger partial charge in [0.2, 0.25) is 0 Å². The van der Waals surface area contributed by atoms with Crippen LogP contribution in [0.3, 0.4) is 0 Å². The Hall–Kier alpha value is -1.16. The summed E-state index contributed by atoms with van der Waals surface area (Å²) in [7, 11) is 1.98. The van der Waals surface area contributed by atoms with Gasteiger partial charge in [-0.2, -0.15) is 0 Å². The number of nitrogens with zero attached hydrogens (tertiary/aromatic N) is 2. The predicted octanol–water partition coefficient (Wildman–Crippen LogP) is 2.23. The summed E-state index contributed by atoms with van der Waals surface area (Å²) in [6, 6.07) is 0.689. The number of ketones is 1. The Morgan fingerprint density at radius 1 is 1.35 bits per heavy atom. The minimum absolute atomic E-state index is 0.0922. The van der Waals surface area contributed by atoms with Crippen LogP contribution in [0.2, 0.25) is 0 Å². The van der Waals surface area contributed by atoms with Crippen LogP contribution in [0, 0.1) is 5.92 Å². The summed E-state index contributed by atoms with van der Waals surface area (Å²) in [6.45, 7) is 0. The third kappa shape index (κ3) is 2.95. The number of piperidine rings is 1. The molecule has 1 saturated carbocycles. The highest BCUT2D eigenvalue weighted by molar-refractivity contribution is 5.84. The first-order valence-electron chi connectivity index (χ1n) is 7.99. The zero-order valence-corrected chi connectivity index (χ0v) is 12.3. The number of fused-ring (bicyclic) bond motifs is 1. The molecular formula is C16H25N3O. The number of carbonyl (C=O) groups is 1. The maximum atomic E-state index is 12.4. The van der Waals surface area contributed by atoms with Crippen molar-refractivity contribution in [1.29, 1.82) is 0 Å². The summed E-state index contributed by atoms with van der Waals surface area (Å²) in [5.41, 5.74) is 0. The molecule has 2 aliphatic rings. The third-order valence-corrected chi connectivity index (χ3v) is 5.06. The van der Waals surface area contributed by atoms with Crippen LogP contribution in [0.25, 0.3) is 0 Å². The number of nitrogens with one attached hydrogen (secondary N) is 1. The van der Waals surface area contributed by atoms with Gasteiger partial charge in [0.25, 0.3) is 0 Å². The lowest BCUT2D eigenvalue weighted by atomic mass is 9.77. The van der Waals surface area contributed by atoms with Gasteiger partial charge < -0.3 is 9.88 Å². The van der Waals surface area contributed by atoms with Gasteiger partial charge in [-0.1, -0.05) is 12.8 Å². The van der Waals surface area contributed by atoms with Crippen molar-refractivity contribution in [1.82, 2.24) is 14.9 Å². The molecule has 0 radical (unpaired) electrons. The van der Waals surface area contributed by atoms with Crippen molar-refractivity contribution >= 4 is 5.78 Å². The third-order valence-electron chi connectivity index (χ3n) is 5.06. The molecule has 110 valence electrons. The van der Waals surface area contributed by atoms with E-state index in [2.05, 4.69) is 10.3 Å². The zero-order chi connectivity index (χ0) is 13.9. The molecule has 1 aromatic heterocycles. The lowest BCUT2D eigenvalue weighted by Gasteiger charge is -2.40. The van der Waals surface area contributed by atoms with E-state index in [0.717, 1.165) is 24.6 Å². The van der Waals surface area contributed by atoms with Crippen molar-refractivity contribution in [3.63, 3.8) is 0 Å². The highest BCUT2D eigenvalue weighted by atomic mass is 16.1. The molecule has 0 aromatic carbocycles. The van der Waals surface area contributed by atoms with E-state index in [1.165, 1.54) is 32.1 Å². The SMILES string of the molecule is Cn1ccnc1CCC(=O)C1CCC2CCCCC2N1. The van der Waals surface area contributed by atoms with Crippen molar-refractivity contribution in [2.45, 2.75) is 63.5 Å². The summed E-state index contributed by atoms with van der Waals surface area (Å²) in [4.78, 5) is 16.7. The first-order valence-corrected chi connectivity index (χ1v) is 7.99. The quantitative estimate of drug-likeness (QED) is 0.916. The van der Waals surface area contributed by atoms with E-state index < -0.39 is 0 Å². The Labute approximate surface area is 121 Å². The Morgan fingerprint density at radius 3 is 3.00 bits per heavy atom. The van der Waals surface area contributed by atoms with E-state index in [-0.39, 0.29) is 6.04 Å². The van der Waals surface area contributed by atoms with Gasteiger partial charge >= 0.3 is 0 Å². The van der Waals surface area contributed by atoms with Crippen LogP contribution in [-0.4, -0.2) is 27.4 Å². The molecule has 2 fully saturated rings. The van der Waals surface area contributed by atoms with Crippen LogP contribution in [-0.2, 0) is 18.3 Å². The molecule has 4 nitrogen and oxygen atoms in total. The zero-order valence-electron chi connectivity index (χ0n) is 12.3. The maximum absolute atomic E-state index is 12.4. The van der Waals surface area contributed by atoms with E-state index in [4.69, 9.17) is 0 Å². The molecule has 3 unspecified atom stereocenters. The number of hydrogen-bond donors (Lipinski definition) is 1. The minimum Gasteiger partial charge on any atom is -0.338 e.